The monoisotopic (exact) mass is 299 g/mol. The highest BCUT2D eigenvalue weighted by atomic mass is 19.1. The smallest absolute Gasteiger partial charge is 0.331 e. The topological polar surface area (TPSA) is 68.0 Å². The number of aromatic nitrogens is 3. The third kappa shape index (κ3) is 2.67. The van der Waals surface area contributed by atoms with Crippen molar-refractivity contribution in [3.05, 3.63) is 59.2 Å². The molecule has 1 aliphatic carbocycles. The van der Waals surface area contributed by atoms with Crippen LogP contribution < -0.4 is 0 Å². The Balaban J connectivity index is 1.94. The zero-order valence-electron chi connectivity index (χ0n) is 12.0. The highest BCUT2D eigenvalue weighted by molar-refractivity contribution is 5.91. The van der Waals surface area contributed by atoms with Crippen molar-refractivity contribution in [2.75, 3.05) is 0 Å². The van der Waals surface area contributed by atoms with Crippen molar-refractivity contribution in [2.45, 2.75) is 19.8 Å². The molecule has 1 heterocycles. The molecule has 0 amide bonds. The quantitative estimate of drug-likeness (QED) is 0.946. The van der Waals surface area contributed by atoms with Gasteiger partial charge in [-0.2, -0.15) is 0 Å². The first kappa shape index (κ1) is 14.2. The second-order valence-electron chi connectivity index (χ2n) is 5.18. The molecular weight excluding hydrogens is 285 g/mol. The summed E-state index contributed by atoms with van der Waals surface area (Å²) in [4.78, 5) is 11.0. The molecule has 0 spiro atoms. The van der Waals surface area contributed by atoms with Crippen molar-refractivity contribution < 1.29 is 14.3 Å². The lowest BCUT2D eigenvalue weighted by Gasteiger charge is -2.08. The Morgan fingerprint density at radius 2 is 2.23 bits per heavy atom. The number of halogens is 1. The van der Waals surface area contributed by atoms with Crippen LogP contribution in [0.2, 0.25) is 0 Å². The average Bonchev–Trinajstić information content (AvgIpc) is 2.97. The zero-order valence-corrected chi connectivity index (χ0v) is 12.0. The van der Waals surface area contributed by atoms with E-state index in [4.69, 9.17) is 5.11 Å². The van der Waals surface area contributed by atoms with Gasteiger partial charge < -0.3 is 5.11 Å². The summed E-state index contributed by atoms with van der Waals surface area (Å²) in [5, 5.41) is 17.0. The summed E-state index contributed by atoms with van der Waals surface area (Å²) in [5.74, 6) is -1.31. The minimum atomic E-state index is -0.928. The standard InChI is InChI=1S/C16H14FN3O2/c1-10-5-6-15(13(17)7-10)20-9-14(18-19-20)11-3-2-4-12(8-11)16(21)22/h3,5-9H,2,4H2,1H3,(H,21,22). The Morgan fingerprint density at radius 1 is 1.41 bits per heavy atom. The van der Waals surface area contributed by atoms with Crippen molar-refractivity contribution in [2.24, 2.45) is 0 Å². The molecular formula is C16H14FN3O2. The van der Waals surface area contributed by atoms with E-state index in [1.54, 1.807) is 24.4 Å². The van der Waals surface area contributed by atoms with Gasteiger partial charge in [0.15, 0.2) is 0 Å². The highest BCUT2D eigenvalue weighted by Gasteiger charge is 2.15. The van der Waals surface area contributed by atoms with E-state index in [9.17, 15) is 9.18 Å². The van der Waals surface area contributed by atoms with E-state index in [0.717, 1.165) is 5.56 Å². The SMILES string of the molecule is Cc1ccc(-n2cc(C3=CCCC(C(=O)O)=C3)nn2)c(F)c1. The molecule has 0 bridgehead atoms. The summed E-state index contributed by atoms with van der Waals surface area (Å²) in [7, 11) is 0. The number of allylic oxidation sites excluding steroid dienone is 3. The number of carboxylic acids is 1. The van der Waals surface area contributed by atoms with Gasteiger partial charge in [-0.1, -0.05) is 17.4 Å². The molecule has 1 N–H and O–H groups in total. The number of aryl methyl sites for hydroxylation is 1. The number of hydrogen-bond acceptors (Lipinski definition) is 3. The number of carboxylic acid groups (broad SMARTS) is 1. The summed E-state index contributed by atoms with van der Waals surface area (Å²) in [6, 6.07) is 4.86. The van der Waals surface area contributed by atoms with Crippen LogP contribution in [0.1, 0.15) is 24.1 Å². The van der Waals surface area contributed by atoms with Gasteiger partial charge in [0.1, 0.15) is 17.2 Å². The summed E-state index contributed by atoms with van der Waals surface area (Å²) in [6.07, 6.45) is 6.23. The van der Waals surface area contributed by atoms with E-state index in [2.05, 4.69) is 10.3 Å². The first-order valence-electron chi connectivity index (χ1n) is 6.88. The largest absolute Gasteiger partial charge is 0.478 e. The number of nitrogens with zero attached hydrogens (tertiary/aromatic N) is 3. The van der Waals surface area contributed by atoms with E-state index in [-0.39, 0.29) is 5.82 Å². The molecule has 2 aromatic rings. The zero-order chi connectivity index (χ0) is 15.7. The highest BCUT2D eigenvalue weighted by Crippen LogP contribution is 2.25. The van der Waals surface area contributed by atoms with E-state index < -0.39 is 5.97 Å². The maximum absolute atomic E-state index is 14.0. The van der Waals surface area contributed by atoms with Crippen LogP contribution >= 0.6 is 0 Å². The summed E-state index contributed by atoms with van der Waals surface area (Å²) in [5.41, 5.74) is 2.70. The van der Waals surface area contributed by atoms with Gasteiger partial charge in [-0.05, 0) is 43.5 Å². The van der Waals surface area contributed by atoms with Crippen LogP contribution in [0.25, 0.3) is 11.3 Å². The van der Waals surface area contributed by atoms with E-state index in [1.807, 2.05) is 13.0 Å². The van der Waals surface area contributed by atoms with E-state index in [0.29, 0.717) is 35.4 Å². The molecule has 0 radical (unpaired) electrons. The Hall–Kier alpha value is -2.76. The van der Waals surface area contributed by atoms with Gasteiger partial charge in [0.05, 0.1) is 6.20 Å². The van der Waals surface area contributed by atoms with E-state index >= 15 is 0 Å². The molecule has 0 aliphatic heterocycles. The number of carbonyl (C=O) groups is 1. The van der Waals surface area contributed by atoms with Crippen molar-refractivity contribution in [3.63, 3.8) is 0 Å². The van der Waals surface area contributed by atoms with Gasteiger partial charge in [-0.15, -0.1) is 5.10 Å². The molecule has 0 unspecified atom stereocenters. The number of rotatable bonds is 3. The van der Waals surface area contributed by atoms with Crippen molar-refractivity contribution in [1.29, 1.82) is 0 Å². The van der Waals surface area contributed by atoms with E-state index in [1.165, 1.54) is 10.7 Å². The predicted molar refractivity (Wildman–Crippen MR) is 79.0 cm³/mol. The first-order valence-corrected chi connectivity index (χ1v) is 6.88. The number of hydrogen-bond donors (Lipinski definition) is 1. The van der Waals surface area contributed by atoms with Crippen LogP contribution in [0.15, 0.2) is 42.1 Å². The number of benzene rings is 1. The molecule has 112 valence electrons. The van der Waals surface area contributed by atoms with Crippen LogP contribution in [0, 0.1) is 12.7 Å². The van der Waals surface area contributed by atoms with Crippen molar-refractivity contribution in [1.82, 2.24) is 15.0 Å². The van der Waals surface area contributed by atoms with Crippen molar-refractivity contribution in [3.8, 4) is 5.69 Å². The Kier molecular flexibility index (Phi) is 3.58. The predicted octanol–water partition coefficient (Wildman–Crippen LogP) is 2.90. The van der Waals surface area contributed by atoms with Crippen LogP contribution in [-0.4, -0.2) is 26.1 Å². The fraction of sp³-hybridized carbons (Fsp3) is 0.188. The van der Waals surface area contributed by atoms with Crippen LogP contribution in [-0.2, 0) is 4.79 Å². The lowest BCUT2D eigenvalue weighted by molar-refractivity contribution is -0.132. The van der Waals surface area contributed by atoms with Gasteiger partial charge in [0.25, 0.3) is 0 Å². The van der Waals surface area contributed by atoms with Gasteiger partial charge in [0.2, 0.25) is 0 Å². The molecule has 5 nitrogen and oxygen atoms in total. The molecule has 0 saturated carbocycles. The Labute approximate surface area is 126 Å². The molecule has 1 aromatic carbocycles. The second-order valence-corrected chi connectivity index (χ2v) is 5.18. The first-order chi connectivity index (χ1) is 10.5. The van der Waals surface area contributed by atoms with Gasteiger partial charge >= 0.3 is 5.97 Å². The van der Waals surface area contributed by atoms with Gasteiger partial charge in [-0.25, -0.2) is 13.9 Å². The molecule has 3 rings (SSSR count). The molecule has 0 atom stereocenters. The maximum Gasteiger partial charge on any atom is 0.331 e. The minimum absolute atomic E-state index is 0.309. The lowest BCUT2D eigenvalue weighted by Crippen LogP contribution is -2.03. The third-order valence-corrected chi connectivity index (χ3v) is 3.52. The Morgan fingerprint density at radius 3 is 2.95 bits per heavy atom. The molecule has 22 heavy (non-hydrogen) atoms. The second kappa shape index (κ2) is 5.55. The van der Waals surface area contributed by atoms with Gasteiger partial charge in [-0.3, -0.25) is 0 Å². The summed E-state index contributed by atoms with van der Waals surface area (Å²) in [6.45, 7) is 1.81. The van der Waals surface area contributed by atoms with Crippen LogP contribution in [0.3, 0.4) is 0 Å². The minimum Gasteiger partial charge on any atom is -0.478 e. The van der Waals surface area contributed by atoms with Gasteiger partial charge in [0, 0.05) is 11.1 Å². The maximum atomic E-state index is 14.0. The van der Waals surface area contributed by atoms with Crippen molar-refractivity contribution >= 4 is 11.5 Å². The molecule has 6 heteroatoms. The molecule has 1 aliphatic rings. The van der Waals surface area contributed by atoms with Crippen LogP contribution in [0.5, 0.6) is 0 Å². The lowest BCUT2D eigenvalue weighted by atomic mass is 9.98. The average molecular weight is 299 g/mol. The summed E-state index contributed by atoms with van der Waals surface area (Å²) >= 11 is 0. The third-order valence-electron chi connectivity index (χ3n) is 3.52. The number of aliphatic carboxylic acids is 1. The normalized spacial score (nSPS) is 14.5. The fourth-order valence-corrected chi connectivity index (χ4v) is 2.36. The molecule has 1 aromatic heterocycles. The fourth-order valence-electron chi connectivity index (χ4n) is 2.36. The Bertz CT molecular complexity index is 805. The molecule has 0 saturated heterocycles. The molecule has 0 fully saturated rings. The summed E-state index contributed by atoms with van der Waals surface area (Å²) < 4.78 is 15.3. The van der Waals surface area contributed by atoms with Crippen LogP contribution in [0.4, 0.5) is 4.39 Å².